The molecule has 0 atom stereocenters. The fraction of sp³-hybridized carbons (Fsp3) is 0.263. The van der Waals surface area contributed by atoms with Crippen LogP contribution in [0.5, 0.6) is 0 Å². The zero-order valence-electron chi connectivity index (χ0n) is 13.6. The van der Waals surface area contributed by atoms with Gasteiger partial charge in [-0.05, 0) is 49.2 Å². The molecule has 1 aromatic heterocycles. The van der Waals surface area contributed by atoms with Crippen molar-refractivity contribution < 1.29 is 13.6 Å². The third kappa shape index (κ3) is 3.33. The SMILES string of the molecule is O=C(Nc1ccc(F)cc1)C1CCN(c2nc3ccccc3o2)CC1. The van der Waals surface area contributed by atoms with E-state index < -0.39 is 0 Å². The monoisotopic (exact) mass is 339 g/mol. The van der Waals surface area contributed by atoms with Gasteiger partial charge < -0.3 is 14.6 Å². The Balaban J connectivity index is 1.37. The minimum absolute atomic E-state index is 0.0242. The van der Waals surface area contributed by atoms with Gasteiger partial charge in [-0.3, -0.25) is 4.79 Å². The van der Waals surface area contributed by atoms with Crippen LogP contribution >= 0.6 is 0 Å². The number of oxazole rings is 1. The summed E-state index contributed by atoms with van der Waals surface area (Å²) in [5.41, 5.74) is 2.23. The number of hydrogen-bond donors (Lipinski definition) is 1. The summed E-state index contributed by atoms with van der Waals surface area (Å²) in [4.78, 5) is 19.0. The molecule has 1 N–H and O–H groups in total. The first-order chi connectivity index (χ1) is 12.2. The van der Waals surface area contributed by atoms with Crippen LogP contribution in [0.15, 0.2) is 52.9 Å². The molecule has 1 amide bonds. The molecule has 1 saturated heterocycles. The number of para-hydroxylation sites is 2. The van der Waals surface area contributed by atoms with Gasteiger partial charge in [-0.25, -0.2) is 4.39 Å². The maximum Gasteiger partial charge on any atom is 0.298 e. The lowest BCUT2D eigenvalue weighted by Gasteiger charge is -2.30. The van der Waals surface area contributed by atoms with Crippen molar-refractivity contribution in [3.63, 3.8) is 0 Å². The summed E-state index contributed by atoms with van der Waals surface area (Å²) in [5, 5.41) is 2.85. The van der Waals surface area contributed by atoms with Gasteiger partial charge in [0.25, 0.3) is 6.01 Å². The van der Waals surface area contributed by atoms with E-state index in [-0.39, 0.29) is 17.6 Å². The van der Waals surface area contributed by atoms with Crippen LogP contribution < -0.4 is 10.2 Å². The van der Waals surface area contributed by atoms with Gasteiger partial charge in [0, 0.05) is 24.7 Å². The topological polar surface area (TPSA) is 58.4 Å². The molecule has 1 fully saturated rings. The summed E-state index contributed by atoms with van der Waals surface area (Å²) < 4.78 is 18.7. The molecule has 1 aliphatic rings. The average molecular weight is 339 g/mol. The molecule has 0 spiro atoms. The van der Waals surface area contributed by atoms with E-state index in [0.717, 1.165) is 23.9 Å². The number of carbonyl (C=O) groups is 1. The van der Waals surface area contributed by atoms with E-state index in [1.165, 1.54) is 12.1 Å². The fourth-order valence-electron chi connectivity index (χ4n) is 3.11. The second-order valence-corrected chi connectivity index (χ2v) is 6.22. The van der Waals surface area contributed by atoms with Crippen molar-refractivity contribution in [1.29, 1.82) is 0 Å². The number of nitrogens with zero attached hydrogens (tertiary/aromatic N) is 2. The van der Waals surface area contributed by atoms with E-state index in [9.17, 15) is 9.18 Å². The molecule has 2 heterocycles. The van der Waals surface area contributed by atoms with Crippen LogP contribution in [0.1, 0.15) is 12.8 Å². The molecule has 0 radical (unpaired) electrons. The van der Waals surface area contributed by atoms with Gasteiger partial charge in [0.1, 0.15) is 11.3 Å². The number of aromatic nitrogens is 1. The number of fused-ring (bicyclic) bond motifs is 1. The van der Waals surface area contributed by atoms with Crippen LogP contribution in [-0.2, 0) is 4.79 Å². The van der Waals surface area contributed by atoms with Crippen molar-refractivity contribution in [2.45, 2.75) is 12.8 Å². The Kier molecular flexibility index (Phi) is 4.09. The predicted molar refractivity (Wildman–Crippen MR) is 94.0 cm³/mol. The number of hydrogen-bond acceptors (Lipinski definition) is 4. The first-order valence-corrected chi connectivity index (χ1v) is 8.36. The molecular weight excluding hydrogens is 321 g/mol. The van der Waals surface area contributed by atoms with E-state index >= 15 is 0 Å². The lowest BCUT2D eigenvalue weighted by Crippen LogP contribution is -2.38. The highest BCUT2D eigenvalue weighted by atomic mass is 19.1. The Morgan fingerprint density at radius 1 is 1.12 bits per heavy atom. The normalized spacial score (nSPS) is 15.5. The lowest BCUT2D eigenvalue weighted by atomic mass is 9.96. The number of carbonyl (C=O) groups excluding carboxylic acids is 1. The number of rotatable bonds is 3. The van der Waals surface area contributed by atoms with Crippen molar-refractivity contribution in [3.05, 3.63) is 54.3 Å². The Hall–Kier alpha value is -2.89. The number of halogens is 1. The number of benzene rings is 2. The number of anilines is 2. The maximum absolute atomic E-state index is 12.9. The number of piperidine rings is 1. The Morgan fingerprint density at radius 2 is 1.84 bits per heavy atom. The zero-order valence-corrected chi connectivity index (χ0v) is 13.6. The van der Waals surface area contributed by atoms with Gasteiger partial charge in [0.15, 0.2) is 5.58 Å². The van der Waals surface area contributed by atoms with Crippen molar-refractivity contribution in [3.8, 4) is 0 Å². The molecule has 25 heavy (non-hydrogen) atoms. The van der Waals surface area contributed by atoms with Crippen LogP contribution in [0.3, 0.4) is 0 Å². The van der Waals surface area contributed by atoms with Crippen LogP contribution in [0.25, 0.3) is 11.1 Å². The largest absolute Gasteiger partial charge is 0.423 e. The summed E-state index contributed by atoms with van der Waals surface area (Å²) in [6.45, 7) is 1.43. The Bertz CT molecular complexity index is 850. The number of nitrogens with one attached hydrogen (secondary N) is 1. The fourth-order valence-corrected chi connectivity index (χ4v) is 3.11. The van der Waals surface area contributed by atoms with Gasteiger partial charge in [0.05, 0.1) is 0 Å². The molecule has 128 valence electrons. The third-order valence-corrected chi connectivity index (χ3v) is 4.53. The second-order valence-electron chi connectivity index (χ2n) is 6.22. The molecule has 6 heteroatoms. The summed E-state index contributed by atoms with van der Waals surface area (Å²) in [7, 11) is 0. The molecule has 5 nitrogen and oxygen atoms in total. The molecule has 0 unspecified atom stereocenters. The first-order valence-electron chi connectivity index (χ1n) is 8.36. The van der Waals surface area contributed by atoms with Gasteiger partial charge in [-0.1, -0.05) is 12.1 Å². The maximum atomic E-state index is 12.9. The predicted octanol–water partition coefficient (Wildman–Crippen LogP) is 3.82. The minimum Gasteiger partial charge on any atom is -0.423 e. The molecule has 2 aromatic carbocycles. The summed E-state index contributed by atoms with van der Waals surface area (Å²) in [6.07, 6.45) is 1.46. The van der Waals surface area contributed by atoms with Crippen molar-refractivity contribution in [2.24, 2.45) is 5.92 Å². The highest BCUT2D eigenvalue weighted by Crippen LogP contribution is 2.27. The van der Waals surface area contributed by atoms with Gasteiger partial charge in [-0.2, -0.15) is 4.98 Å². The highest BCUT2D eigenvalue weighted by molar-refractivity contribution is 5.92. The standard InChI is InChI=1S/C19H18FN3O2/c20-14-5-7-15(8-6-14)21-18(24)13-9-11-23(12-10-13)19-22-16-3-1-2-4-17(16)25-19/h1-8,13H,9-12H2,(H,21,24). The second kappa shape index (κ2) is 6.55. The van der Waals surface area contributed by atoms with E-state index in [2.05, 4.69) is 15.2 Å². The highest BCUT2D eigenvalue weighted by Gasteiger charge is 2.27. The van der Waals surface area contributed by atoms with Crippen LogP contribution in [0, 0.1) is 11.7 Å². The summed E-state index contributed by atoms with van der Waals surface area (Å²) in [5.74, 6) is -0.404. The van der Waals surface area contributed by atoms with Crippen molar-refractivity contribution in [1.82, 2.24) is 4.98 Å². The summed E-state index contributed by atoms with van der Waals surface area (Å²) in [6, 6.07) is 14.1. The molecule has 3 aromatic rings. The van der Waals surface area contributed by atoms with Crippen LogP contribution in [-0.4, -0.2) is 24.0 Å². The smallest absolute Gasteiger partial charge is 0.298 e. The lowest BCUT2D eigenvalue weighted by molar-refractivity contribution is -0.120. The van der Waals surface area contributed by atoms with E-state index in [1.54, 1.807) is 12.1 Å². The first kappa shape index (κ1) is 15.6. The number of amides is 1. The average Bonchev–Trinajstić information content (AvgIpc) is 3.08. The molecule has 4 rings (SSSR count). The van der Waals surface area contributed by atoms with Gasteiger partial charge in [0.2, 0.25) is 5.91 Å². The van der Waals surface area contributed by atoms with Gasteiger partial charge in [-0.15, -0.1) is 0 Å². The zero-order chi connectivity index (χ0) is 17.2. The van der Waals surface area contributed by atoms with E-state index in [4.69, 9.17) is 4.42 Å². The van der Waals surface area contributed by atoms with Crippen LogP contribution in [0.4, 0.5) is 16.1 Å². The molecule has 0 aliphatic carbocycles. The molecular formula is C19H18FN3O2. The molecule has 0 saturated carbocycles. The summed E-state index contributed by atoms with van der Waals surface area (Å²) >= 11 is 0. The Morgan fingerprint density at radius 3 is 2.56 bits per heavy atom. The van der Waals surface area contributed by atoms with Crippen LogP contribution in [0.2, 0.25) is 0 Å². The van der Waals surface area contributed by atoms with E-state index in [1.807, 2.05) is 24.3 Å². The third-order valence-electron chi connectivity index (χ3n) is 4.53. The quantitative estimate of drug-likeness (QED) is 0.788. The molecule has 1 aliphatic heterocycles. The molecule has 0 bridgehead atoms. The Labute approximate surface area is 144 Å². The van der Waals surface area contributed by atoms with Crippen molar-refractivity contribution >= 4 is 28.7 Å². The minimum atomic E-state index is -0.315. The van der Waals surface area contributed by atoms with E-state index in [0.29, 0.717) is 24.8 Å². The van der Waals surface area contributed by atoms with Gasteiger partial charge >= 0.3 is 0 Å². The van der Waals surface area contributed by atoms with Crippen molar-refractivity contribution in [2.75, 3.05) is 23.3 Å².